The Kier molecular flexibility index (Phi) is 7.34. The first-order valence-electron chi connectivity index (χ1n) is 6.21. The molecular formula is C12H28N4O. The summed E-state index contributed by atoms with van der Waals surface area (Å²) in [5.74, 6) is 5.08. The fraction of sp³-hybridized carbons (Fsp3) is 0.917. The highest BCUT2D eigenvalue weighted by atomic mass is 16.2. The van der Waals surface area contributed by atoms with E-state index in [0.717, 1.165) is 32.6 Å². The predicted octanol–water partition coefficient (Wildman–Crippen LogP) is 0.276. The maximum absolute atomic E-state index is 11.6. The van der Waals surface area contributed by atoms with Crippen LogP contribution in [0.4, 0.5) is 0 Å². The van der Waals surface area contributed by atoms with Crippen LogP contribution in [0.1, 0.15) is 27.2 Å². The number of nitrogens with two attached hydrogens (primary N) is 1. The third-order valence-electron chi connectivity index (χ3n) is 2.89. The highest BCUT2D eigenvalue weighted by Gasteiger charge is 2.28. The Morgan fingerprint density at radius 3 is 2.29 bits per heavy atom. The molecule has 0 unspecified atom stereocenters. The zero-order valence-electron chi connectivity index (χ0n) is 11.9. The molecule has 0 aromatic rings. The number of nitrogens with zero attached hydrogens (tertiary/aromatic N) is 2. The van der Waals surface area contributed by atoms with Crippen molar-refractivity contribution in [1.82, 2.24) is 15.2 Å². The van der Waals surface area contributed by atoms with Crippen molar-refractivity contribution in [3.05, 3.63) is 0 Å². The van der Waals surface area contributed by atoms with Gasteiger partial charge in [-0.3, -0.25) is 10.2 Å². The summed E-state index contributed by atoms with van der Waals surface area (Å²) >= 11 is 0. The normalized spacial score (nSPS) is 12.2. The maximum Gasteiger partial charge on any atom is 0.240 e. The van der Waals surface area contributed by atoms with Crippen molar-refractivity contribution >= 4 is 5.91 Å². The van der Waals surface area contributed by atoms with Gasteiger partial charge in [0.1, 0.15) is 0 Å². The molecular weight excluding hydrogens is 216 g/mol. The molecule has 0 heterocycles. The molecule has 0 aromatic carbocycles. The fourth-order valence-electron chi connectivity index (χ4n) is 1.79. The Hall–Kier alpha value is -0.650. The van der Waals surface area contributed by atoms with Crippen molar-refractivity contribution in [3.8, 4) is 0 Å². The highest BCUT2D eigenvalue weighted by Crippen LogP contribution is 2.17. The Balaban J connectivity index is 4.15. The van der Waals surface area contributed by atoms with Crippen molar-refractivity contribution in [2.45, 2.75) is 27.2 Å². The molecule has 0 aliphatic heterocycles. The first-order valence-corrected chi connectivity index (χ1v) is 6.21. The predicted molar refractivity (Wildman–Crippen MR) is 71.4 cm³/mol. The third-order valence-corrected chi connectivity index (χ3v) is 2.89. The van der Waals surface area contributed by atoms with E-state index in [9.17, 15) is 4.79 Å². The number of rotatable bonds is 8. The second-order valence-electron chi connectivity index (χ2n) is 5.38. The molecule has 0 fully saturated rings. The Bertz CT molecular complexity index is 229. The molecule has 0 radical (unpaired) electrons. The molecule has 17 heavy (non-hydrogen) atoms. The molecule has 1 amide bonds. The van der Waals surface area contributed by atoms with E-state index < -0.39 is 5.41 Å². The van der Waals surface area contributed by atoms with E-state index in [0.29, 0.717) is 0 Å². The minimum atomic E-state index is -0.442. The van der Waals surface area contributed by atoms with Crippen molar-refractivity contribution < 1.29 is 4.79 Å². The van der Waals surface area contributed by atoms with Crippen LogP contribution in [-0.2, 0) is 4.79 Å². The number of nitrogens with one attached hydrogen (secondary N) is 1. The van der Waals surface area contributed by atoms with Crippen LogP contribution < -0.4 is 11.3 Å². The van der Waals surface area contributed by atoms with E-state index >= 15 is 0 Å². The summed E-state index contributed by atoms with van der Waals surface area (Å²) in [6.07, 6.45) is 1.11. The lowest BCUT2D eigenvalue weighted by Gasteiger charge is -2.30. The second kappa shape index (κ2) is 7.63. The molecule has 0 spiro atoms. The van der Waals surface area contributed by atoms with Crippen LogP contribution in [0.15, 0.2) is 0 Å². The Morgan fingerprint density at radius 2 is 1.88 bits per heavy atom. The van der Waals surface area contributed by atoms with Crippen LogP contribution in [0.5, 0.6) is 0 Å². The molecule has 3 N–H and O–H groups in total. The lowest BCUT2D eigenvalue weighted by atomic mass is 9.91. The number of hydrogen-bond acceptors (Lipinski definition) is 4. The molecule has 102 valence electrons. The van der Waals surface area contributed by atoms with Gasteiger partial charge in [0.15, 0.2) is 0 Å². The van der Waals surface area contributed by atoms with Crippen molar-refractivity contribution in [1.29, 1.82) is 0 Å². The summed E-state index contributed by atoms with van der Waals surface area (Å²) < 4.78 is 0. The summed E-state index contributed by atoms with van der Waals surface area (Å²) in [4.78, 5) is 16.1. The van der Waals surface area contributed by atoms with E-state index in [2.05, 4.69) is 36.2 Å². The number of amides is 1. The number of hydrazine groups is 1. The van der Waals surface area contributed by atoms with Crippen LogP contribution in [-0.4, -0.2) is 56.0 Å². The van der Waals surface area contributed by atoms with Crippen LogP contribution in [0, 0.1) is 5.41 Å². The van der Waals surface area contributed by atoms with E-state index in [1.165, 1.54) is 0 Å². The molecule has 0 saturated carbocycles. The third kappa shape index (κ3) is 6.61. The molecule has 0 aliphatic rings. The SMILES string of the molecule is CCN(CCCN(C)C)CC(C)(C)C(=O)NN. The fourth-order valence-corrected chi connectivity index (χ4v) is 1.79. The van der Waals surface area contributed by atoms with Gasteiger partial charge in [-0.25, -0.2) is 5.84 Å². The van der Waals surface area contributed by atoms with Gasteiger partial charge >= 0.3 is 0 Å². The Morgan fingerprint density at radius 1 is 1.29 bits per heavy atom. The molecule has 0 atom stereocenters. The van der Waals surface area contributed by atoms with E-state index in [1.807, 2.05) is 13.8 Å². The van der Waals surface area contributed by atoms with Crippen LogP contribution in [0.2, 0.25) is 0 Å². The van der Waals surface area contributed by atoms with E-state index in [-0.39, 0.29) is 5.91 Å². The summed E-state index contributed by atoms with van der Waals surface area (Å²) in [5.41, 5.74) is 1.79. The largest absolute Gasteiger partial charge is 0.309 e. The summed E-state index contributed by atoms with van der Waals surface area (Å²) in [7, 11) is 4.14. The lowest BCUT2D eigenvalue weighted by molar-refractivity contribution is -0.130. The van der Waals surface area contributed by atoms with Crippen molar-refractivity contribution in [3.63, 3.8) is 0 Å². The Labute approximate surface area is 105 Å². The molecule has 5 nitrogen and oxygen atoms in total. The van der Waals surface area contributed by atoms with Gasteiger partial charge in [-0.1, -0.05) is 6.92 Å². The monoisotopic (exact) mass is 244 g/mol. The van der Waals surface area contributed by atoms with Crippen LogP contribution >= 0.6 is 0 Å². The maximum atomic E-state index is 11.6. The number of carbonyl (C=O) groups is 1. The van der Waals surface area contributed by atoms with Gasteiger partial charge in [-0.2, -0.15) is 0 Å². The first kappa shape index (κ1) is 16.4. The quantitative estimate of drug-likeness (QED) is 0.366. The van der Waals surface area contributed by atoms with Crippen molar-refractivity contribution in [2.24, 2.45) is 11.3 Å². The smallest absolute Gasteiger partial charge is 0.240 e. The van der Waals surface area contributed by atoms with Gasteiger partial charge in [-0.05, 0) is 54.0 Å². The van der Waals surface area contributed by atoms with E-state index in [1.54, 1.807) is 0 Å². The van der Waals surface area contributed by atoms with Gasteiger partial charge in [-0.15, -0.1) is 0 Å². The molecule has 0 aromatic heterocycles. The van der Waals surface area contributed by atoms with Gasteiger partial charge in [0.25, 0.3) is 0 Å². The van der Waals surface area contributed by atoms with Gasteiger partial charge in [0.05, 0.1) is 5.41 Å². The zero-order chi connectivity index (χ0) is 13.5. The molecule has 0 bridgehead atoms. The van der Waals surface area contributed by atoms with Gasteiger partial charge in [0, 0.05) is 6.54 Å². The first-order chi connectivity index (χ1) is 7.83. The number of carbonyl (C=O) groups excluding carboxylic acids is 1. The number of hydrogen-bond donors (Lipinski definition) is 2. The van der Waals surface area contributed by atoms with Crippen LogP contribution in [0.3, 0.4) is 0 Å². The molecule has 0 rings (SSSR count). The summed E-state index contributed by atoms with van der Waals surface area (Å²) in [6.45, 7) is 9.73. The average molecular weight is 244 g/mol. The zero-order valence-corrected chi connectivity index (χ0v) is 11.9. The molecule has 5 heteroatoms. The second-order valence-corrected chi connectivity index (χ2v) is 5.38. The molecule has 0 saturated heterocycles. The topological polar surface area (TPSA) is 61.6 Å². The summed E-state index contributed by atoms with van der Waals surface area (Å²) in [6, 6.07) is 0. The standard InChI is InChI=1S/C12H28N4O/c1-6-16(9-7-8-15(4)5)10-12(2,3)11(17)14-13/h6-10,13H2,1-5H3,(H,14,17). The minimum absolute atomic E-state index is 0.108. The van der Waals surface area contributed by atoms with Gasteiger partial charge in [0.2, 0.25) is 5.91 Å². The molecule has 0 aliphatic carbocycles. The van der Waals surface area contributed by atoms with Gasteiger partial charge < -0.3 is 9.80 Å². The summed E-state index contributed by atoms with van der Waals surface area (Å²) in [5, 5.41) is 0. The lowest BCUT2D eigenvalue weighted by Crippen LogP contribution is -2.47. The van der Waals surface area contributed by atoms with Crippen LogP contribution in [0.25, 0.3) is 0 Å². The minimum Gasteiger partial charge on any atom is -0.309 e. The highest BCUT2D eigenvalue weighted by molar-refractivity contribution is 5.81. The average Bonchev–Trinajstić information content (AvgIpc) is 2.25. The van der Waals surface area contributed by atoms with Crippen molar-refractivity contribution in [2.75, 3.05) is 40.3 Å². The van der Waals surface area contributed by atoms with E-state index in [4.69, 9.17) is 5.84 Å².